The molecule has 0 aliphatic carbocycles. The molecule has 0 atom stereocenters. The van der Waals surface area contributed by atoms with Crippen LogP contribution in [-0.4, -0.2) is 18.9 Å². The molecule has 23 heavy (non-hydrogen) atoms. The minimum absolute atomic E-state index is 0.179. The van der Waals surface area contributed by atoms with E-state index in [0.717, 1.165) is 23.0 Å². The van der Waals surface area contributed by atoms with Crippen molar-refractivity contribution in [3.05, 3.63) is 70.8 Å². The van der Waals surface area contributed by atoms with Gasteiger partial charge in [0, 0.05) is 11.1 Å². The standard InChI is InChI=1S/C19H17NO3/c1-15-9-10-17(13-21)12-18(15)8-5-11-20-19(22)23-14-16-6-3-2-4-7-16/h2-4,6-7,9-10,12-13H,11,14H2,1H3,(H,20,22). The average Bonchev–Trinajstić information content (AvgIpc) is 2.59. The summed E-state index contributed by atoms with van der Waals surface area (Å²) in [5, 5.41) is 2.57. The SMILES string of the molecule is Cc1ccc(C=O)cc1C#CCNC(=O)OCc1ccccc1. The molecule has 0 saturated heterocycles. The van der Waals surface area contributed by atoms with Gasteiger partial charge in [0.25, 0.3) is 0 Å². The van der Waals surface area contributed by atoms with E-state index in [1.807, 2.05) is 43.3 Å². The number of ether oxygens (including phenoxy) is 1. The molecule has 0 aliphatic heterocycles. The van der Waals surface area contributed by atoms with Crippen LogP contribution in [0.2, 0.25) is 0 Å². The highest BCUT2D eigenvalue weighted by molar-refractivity contribution is 5.76. The van der Waals surface area contributed by atoms with Crippen LogP contribution in [0, 0.1) is 18.8 Å². The summed E-state index contributed by atoms with van der Waals surface area (Å²) in [5.74, 6) is 5.78. The number of carbonyl (C=O) groups is 2. The third kappa shape index (κ3) is 5.33. The zero-order chi connectivity index (χ0) is 16.5. The molecule has 0 aliphatic rings. The van der Waals surface area contributed by atoms with Crippen LogP contribution >= 0.6 is 0 Å². The zero-order valence-electron chi connectivity index (χ0n) is 12.8. The molecule has 0 saturated carbocycles. The molecule has 1 amide bonds. The summed E-state index contributed by atoms with van der Waals surface area (Å²) in [7, 11) is 0. The van der Waals surface area contributed by atoms with E-state index in [4.69, 9.17) is 4.74 Å². The molecule has 0 radical (unpaired) electrons. The Morgan fingerprint density at radius 2 is 2.00 bits per heavy atom. The maximum absolute atomic E-state index is 11.5. The summed E-state index contributed by atoms with van der Waals surface area (Å²) in [4.78, 5) is 22.3. The predicted molar refractivity (Wildman–Crippen MR) is 88.1 cm³/mol. The Labute approximate surface area is 135 Å². The van der Waals surface area contributed by atoms with Crippen molar-refractivity contribution >= 4 is 12.4 Å². The fourth-order valence-electron chi connectivity index (χ4n) is 1.88. The van der Waals surface area contributed by atoms with Crippen molar-refractivity contribution in [2.24, 2.45) is 0 Å². The average molecular weight is 307 g/mol. The van der Waals surface area contributed by atoms with Crippen LogP contribution in [0.4, 0.5) is 4.79 Å². The Balaban J connectivity index is 1.81. The van der Waals surface area contributed by atoms with Gasteiger partial charge in [-0.3, -0.25) is 4.79 Å². The second-order valence-corrected chi connectivity index (χ2v) is 4.91. The van der Waals surface area contributed by atoms with E-state index in [2.05, 4.69) is 17.2 Å². The Morgan fingerprint density at radius 1 is 1.22 bits per heavy atom. The molecule has 0 unspecified atom stereocenters. The lowest BCUT2D eigenvalue weighted by Crippen LogP contribution is -2.24. The number of alkyl carbamates (subject to hydrolysis) is 1. The van der Waals surface area contributed by atoms with Crippen molar-refractivity contribution in [3.63, 3.8) is 0 Å². The van der Waals surface area contributed by atoms with Gasteiger partial charge >= 0.3 is 6.09 Å². The molecule has 0 bridgehead atoms. The van der Waals surface area contributed by atoms with Crippen molar-refractivity contribution in [1.29, 1.82) is 0 Å². The molecule has 116 valence electrons. The molecular weight excluding hydrogens is 290 g/mol. The Bertz CT molecular complexity index is 742. The number of hydrogen-bond acceptors (Lipinski definition) is 3. The summed E-state index contributed by atoms with van der Waals surface area (Å²) in [6, 6.07) is 14.8. The van der Waals surface area contributed by atoms with Crippen LogP contribution in [0.1, 0.15) is 27.0 Å². The zero-order valence-corrected chi connectivity index (χ0v) is 12.8. The minimum atomic E-state index is -0.512. The lowest BCUT2D eigenvalue weighted by molar-refractivity contribution is 0.112. The van der Waals surface area contributed by atoms with Gasteiger partial charge in [-0.15, -0.1) is 0 Å². The van der Waals surface area contributed by atoms with Crippen molar-refractivity contribution in [1.82, 2.24) is 5.32 Å². The highest BCUT2D eigenvalue weighted by Crippen LogP contribution is 2.08. The van der Waals surface area contributed by atoms with Gasteiger partial charge in [0.1, 0.15) is 12.9 Å². The maximum Gasteiger partial charge on any atom is 0.408 e. The van der Waals surface area contributed by atoms with Crippen LogP contribution in [-0.2, 0) is 11.3 Å². The van der Waals surface area contributed by atoms with Crippen LogP contribution < -0.4 is 5.32 Å². The molecule has 4 nitrogen and oxygen atoms in total. The molecule has 4 heteroatoms. The first-order valence-electron chi connectivity index (χ1n) is 7.18. The number of aryl methyl sites for hydroxylation is 1. The van der Waals surface area contributed by atoms with E-state index >= 15 is 0 Å². The third-order valence-corrected chi connectivity index (χ3v) is 3.15. The molecule has 0 aromatic heterocycles. The molecule has 2 rings (SSSR count). The van der Waals surface area contributed by atoms with Gasteiger partial charge in [-0.25, -0.2) is 4.79 Å². The molecule has 2 aromatic carbocycles. The first kappa shape index (κ1) is 16.3. The second kappa shape index (κ2) is 8.40. The number of rotatable bonds is 4. The highest BCUT2D eigenvalue weighted by Gasteiger charge is 2.00. The van der Waals surface area contributed by atoms with Crippen LogP contribution in [0.25, 0.3) is 0 Å². The fraction of sp³-hybridized carbons (Fsp3) is 0.158. The Hall–Kier alpha value is -3.06. The van der Waals surface area contributed by atoms with Gasteiger partial charge in [0.15, 0.2) is 0 Å². The van der Waals surface area contributed by atoms with Crippen molar-refractivity contribution in [2.45, 2.75) is 13.5 Å². The smallest absolute Gasteiger partial charge is 0.408 e. The van der Waals surface area contributed by atoms with Gasteiger partial charge < -0.3 is 10.1 Å². The number of benzene rings is 2. The van der Waals surface area contributed by atoms with E-state index in [0.29, 0.717) is 5.56 Å². The Morgan fingerprint density at radius 3 is 2.74 bits per heavy atom. The van der Waals surface area contributed by atoms with Crippen LogP contribution in [0.3, 0.4) is 0 Å². The lowest BCUT2D eigenvalue weighted by Gasteiger charge is -2.04. The quantitative estimate of drug-likeness (QED) is 0.697. The van der Waals surface area contributed by atoms with Crippen LogP contribution in [0.15, 0.2) is 48.5 Å². The first-order chi connectivity index (χ1) is 11.2. The van der Waals surface area contributed by atoms with Crippen molar-refractivity contribution in [2.75, 3.05) is 6.54 Å². The van der Waals surface area contributed by atoms with Gasteiger partial charge in [-0.2, -0.15) is 0 Å². The molecule has 0 heterocycles. The highest BCUT2D eigenvalue weighted by atomic mass is 16.5. The van der Waals surface area contributed by atoms with E-state index in [9.17, 15) is 9.59 Å². The first-order valence-corrected chi connectivity index (χ1v) is 7.18. The van der Waals surface area contributed by atoms with Gasteiger partial charge in [0.2, 0.25) is 0 Å². The maximum atomic E-state index is 11.5. The van der Waals surface area contributed by atoms with Gasteiger partial charge in [0.05, 0.1) is 6.54 Å². The van der Waals surface area contributed by atoms with Crippen LogP contribution in [0.5, 0.6) is 0 Å². The fourth-order valence-corrected chi connectivity index (χ4v) is 1.88. The number of amides is 1. The van der Waals surface area contributed by atoms with E-state index in [1.54, 1.807) is 12.1 Å². The van der Waals surface area contributed by atoms with E-state index < -0.39 is 6.09 Å². The summed E-state index contributed by atoms with van der Waals surface area (Å²) in [5.41, 5.74) is 3.26. The third-order valence-electron chi connectivity index (χ3n) is 3.15. The molecule has 0 fully saturated rings. The van der Waals surface area contributed by atoms with Crippen molar-refractivity contribution < 1.29 is 14.3 Å². The number of aldehydes is 1. The summed E-state index contributed by atoms with van der Waals surface area (Å²) >= 11 is 0. The van der Waals surface area contributed by atoms with Crippen molar-refractivity contribution in [3.8, 4) is 11.8 Å². The largest absolute Gasteiger partial charge is 0.445 e. The van der Waals surface area contributed by atoms with Gasteiger partial charge in [-0.1, -0.05) is 54.3 Å². The summed E-state index contributed by atoms with van der Waals surface area (Å²) in [6.45, 7) is 2.32. The number of carbonyl (C=O) groups excluding carboxylic acids is 2. The molecular formula is C19H17NO3. The number of nitrogens with one attached hydrogen (secondary N) is 1. The number of hydrogen-bond donors (Lipinski definition) is 1. The van der Waals surface area contributed by atoms with E-state index in [1.165, 1.54) is 0 Å². The molecule has 2 aromatic rings. The summed E-state index contributed by atoms with van der Waals surface area (Å²) < 4.78 is 5.08. The Kier molecular flexibility index (Phi) is 5.96. The second-order valence-electron chi connectivity index (χ2n) is 4.91. The van der Waals surface area contributed by atoms with Gasteiger partial charge in [-0.05, 0) is 24.1 Å². The normalized spacial score (nSPS) is 9.43. The predicted octanol–water partition coefficient (Wildman–Crippen LogP) is 3.09. The minimum Gasteiger partial charge on any atom is -0.445 e. The van der Waals surface area contributed by atoms with E-state index in [-0.39, 0.29) is 13.2 Å². The lowest BCUT2D eigenvalue weighted by atomic mass is 10.1. The molecule has 1 N–H and O–H groups in total. The monoisotopic (exact) mass is 307 g/mol. The molecule has 0 spiro atoms. The topological polar surface area (TPSA) is 55.4 Å². The summed E-state index contributed by atoms with van der Waals surface area (Å²) in [6.07, 6.45) is 0.269.